The predicted molar refractivity (Wildman–Crippen MR) is 115 cm³/mol. The molecule has 2 aromatic heterocycles. The van der Waals surface area contributed by atoms with E-state index in [2.05, 4.69) is 30.4 Å². The Kier molecular flexibility index (Phi) is 5.95. The molecule has 2 fully saturated rings. The van der Waals surface area contributed by atoms with Gasteiger partial charge in [-0.15, -0.1) is 5.10 Å². The number of nitrogens with zero attached hydrogens (tertiary/aromatic N) is 9. The largest absolute Gasteiger partial charge is 0.370 e. The molecule has 0 aliphatic carbocycles. The van der Waals surface area contributed by atoms with Crippen molar-refractivity contribution in [3.8, 4) is 11.9 Å². The average Bonchev–Trinajstić information content (AvgIpc) is 3.39. The topological polar surface area (TPSA) is 126 Å². The highest BCUT2D eigenvalue weighted by molar-refractivity contribution is 5.78. The van der Waals surface area contributed by atoms with Crippen molar-refractivity contribution in [3.63, 3.8) is 0 Å². The van der Waals surface area contributed by atoms with Gasteiger partial charge in [0, 0.05) is 26.2 Å². The first-order valence-electron chi connectivity index (χ1n) is 10.9. The minimum absolute atomic E-state index is 0.0145. The van der Waals surface area contributed by atoms with Crippen LogP contribution in [0.3, 0.4) is 0 Å². The lowest BCUT2D eigenvalue weighted by Crippen LogP contribution is -2.59. The van der Waals surface area contributed by atoms with Crippen molar-refractivity contribution in [2.45, 2.75) is 25.5 Å². The van der Waals surface area contributed by atoms with E-state index in [1.54, 1.807) is 19.2 Å². The van der Waals surface area contributed by atoms with Crippen LogP contribution in [0.4, 0.5) is 4.39 Å². The molecule has 34 heavy (non-hydrogen) atoms. The van der Waals surface area contributed by atoms with Crippen LogP contribution in [0, 0.1) is 24.1 Å². The molecule has 0 saturated carbocycles. The van der Waals surface area contributed by atoms with Crippen LogP contribution in [0.25, 0.3) is 5.82 Å². The molecule has 12 heteroatoms. The summed E-state index contributed by atoms with van der Waals surface area (Å²) in [6.45, 7) is 4.71. The minimum Gasteiger partial charge on any atom is -0.370 e. The van der Waals surface area contributed by atoms with Gasteiger partial charge >= 0.3 is 0 Å². The Morgan fingerprint density at radius 1 is 1.26 bits per heavy atom. The summed E-state index contributed by atoms with van der Waals surface area (Å²) in [6, 6.07) is 5.04. The van der Waals surface area contributed by atoms with Gasteiger partial charge in [-0.05, 0) is 34.5 Å². The fraction of sp³-hybridized carbons (Fsp3) is 0.409. The Morgan fingerprint density at radius 3 is 2.88 bits per heavy atom. The third-order valence-electron chi connectivity index (χ3n) is 6.37. The van der Waals surface area contributed by atoms with Gasteiger partial charge in [-0.25, -0.2) is 9.37 Å². The molecule has 2 aliphatic rings. The summed E-state index contributed by atoms with van der Waals surface area (Å²) >= 11 is 0. The molecule has 2 atom stereocenters. The number of nitriles is 1. The lowest BCUT2D eigenvalue weighted by molar-refractivity contribution is -0.139. The predicted octanol–water partition coefficient (Wildman–Crippen LogP) is 0.598. The van der Waals surface area contributed by atoms with Crippen molar-refractivity contribution in [2.24, 2.45) is 0 Å². The highest BCUT2D eigenvalue weighted by Gasteiger charge is 2.36. The van der Waals surface area contributed by atoms with Gasteiger partial charge in [0.1, 0.15) is 18.2 Å². The molecule has 3 aromatic rings. The number of piperazine rings is 1. The van der Waals surface area contributed by atoms with Gasteiger partial charge in [0.15, 0.2) is 5.82 Å². The van der Waals surface area contributed by atoms with E-state index in [1.165, 1.54) is 23.3 Å². The number of carbonyl (C=O) groups is 1. The molecule has 0 spiro atoms. The van der Waals surface area contributed by atoms with Crippen molar-refractivity contribution < 1.29 is 13.9 Å². The number of rotatable bonds is 4. The quantitative estimate of drug-likeness (QED) is 0.547. The van der Waals surface area contributed by atoms with Crippen LogP contribution in [0.5, 0.6) is 0 Å². The van der Waals surface area contributed by atoms with Crippen LogP contribution in [0.1, 0.15) is 28.5 Å². The summed E-state index contributed by atoms with van der Waals surface area (Å²) in [6.07, 6.45) is 4.43. The second-order valence-electron chi connectivity index (χ2n) is 8.36. The normalized spacial score (nSPS) is 20.6. The van der Waals surface area contributed by atoms with Gasteiger partial charge in [-0.3, -0.25) is 14.7 Å². The lowest BCUT2D eigenvalue weighted by Gasteiger charge is -2.46. The Morgan fingerprint density at radius 2 is 2.15 bits per heavy atom. The Balaban J connectivity index is 1.19. The molecular weight excluding hydrogens is 441 g/mol. The van der Waals surface area contributed by atoms with Crippen LogP contribution in [-0.2, 0) is 16.0 Å². The third-order valence-corrected chi connectivity index (χ3v) is 6.37. The number of hydrogen-bond donors (Lipinski definition) is 0. The Hall–Kier alpha value is -3.82. The van der Waals surface area contributed by atoms with Crippen LogP contribution < -0.4 is 0 Å². The molecule has 2 unspecified atom stereocenters. The maximum absolute atomic E-state index is 13.9. The Labute approximate surface area is 194 Å². The monoisotopic (exact) mass is 463 g/mol. The molecule has 2 aliphatic heterocycles. The summed E-state index contributed by atoms with van der Waals surface area (Å²) in [5.74, 6) is -0.0550. The molecule has 2 saturated heterocycles. The van der Waals surface area contributed by atoms with Crippen LogP contribution >= 0.6 is 0 Å². The number of amides is 1. The van der Waals surface area contributed by atoms with Crippen LogP contribution in [0.2, 0.25) is 0 Å². The fourth-order valence-electron chi connectivity index (χ4n) is 4.47. The summed E-state index contributed by atoms with van der Waals surface area (Å²) in [7, 11) is 0. The highest BCUT2D eigenvalue weighted by atomic mass is 19.1. The van der Waals surface area contributed by atoms with E-state index in [4.69, 9.17) is 4.74 Å². The number of ether oxygens (including phenoxy) is 1. The van der Waals surface area contributed by atoms with E-state index in [0.29, 0.717) is 49.9 Å². The van der Waals surface area contributed by atoms with E-state index in [-0.39, 0.29) is 30.0 Å². The molecule has 1 aromatic carbocycles. The number of halogens is 1. The number of benzene rings is 1. The molecule has 11 nitrogen and oxygen atoms in total. The minimum atomic E-state index is -0.515. The molecule has 1 amide bonds. The number of hydrogen-bond acceptors (Lipinski definition) is 9. The highest BCUT2D eigenvalue weighted by Crippen LogP contribution is 2.31. The zero-order valence-corrected chi connectivity index (χ0v) is 18.5. The zero-order valence-electron chi connectivity index (χ0n) is 18.5. The van der Waals surface area contributed by atoms with E-state index in [1.807, 2.05) is 11.0 Å². The summed E-state index contributed by atoms with van der Waals surface area (Å²) in [4.78, 5) is 25.6. The first kappa shape index (κ1) is 22.0. The Bertz CT molecular complexity index is 1230. The SMILES string of the molecule is Cc1c(C2CN3CCN(C(=O)Cc4cnc(-n5cnnn5)cn4)CC3CO2)ccc(F)c1C#N. The number of fused-ring (bicyclic) bond motifs is 1. The summed E-state index contributed by atoms with van der Waals surface area (Å²) in [5, 5.41) is 20.1. The molecule has 0 N–H and O–H groups in total. The van der Waals surface area contributed by atoms with Crippen molar-refractivity contribution in [1.29, 1.82) is 5.26 Å². The standard InChI is InChI=1S/C22H22FN9O2/c1-14-17(2-3-19(23)18(14)7-24)20-11-30-4-5-31(10-16(30)12-34-20)22(33)6-15-8-26-21(9-25-15)32-13-27-28-29-32/h2-3,8-9,13,16,20H,4-6,10-12H2,1H3. The van der Waals surface area contributed by atoms with Gasteiger partial charge in [-0.2, -0.15) is 9.94 Å². The second-order valence-corrected chi connectivity index (χ2v) is 8.36. The van der Waals surface area contributed by atoms with Gasteiger partial charge in [0.25, 0.3) is 0 Å². The number of carbonyl (C=O) groups excluding carboxylic acids is 1. The smallest absolute Gasteiger partial charge is 0.228 e. The van der Waals surface area contributed by atoms with E-state index in [0.717, 1.165) is 5.56 Å². The van der Waals surface area contributed by atoms with E-state index < -0.39 is 5.82 Å². The number of morpholine rings is 1. The maximum atomic E-state index is 13.9. The number of tetrazole rings is 1. The van der Waals surface area contributed by atoms with Crippen LogP contribution in [0.15, 0.2) is 30.9 Å². The van der Waals surface area contributed by atoms with Gasteiger partial charge in [0.05, 0.1) is 48.8 Å². The van der Waals surface area contributed by atoms with Gasteiger partial charge < -0.3 is 9.64 Å². The number of aromatic nitrogens is 6. The second kappa shape index (κ2) is 9.20. The molecule has 4 heterocycles. The average molecular weight is 463 g/mol. The van der Waals surface area contributed by atoms with E-state index in [9.17, 15) is 14.4 Å². The first-order valence-corrected chi connectivity index (χ1v) is 10.9. The van der Waals surface area contributed by atoms with Crippen molar-refractivity contribution in [3.05, 3.63) is 59.1 Å². The van der Waals surface area contributed by atoms with Gasteiger partial charge in [0.2, 0.25) is 5.91 Å². The first-order chi connectivity index (χ1) is 16.5. The molecule has 5 rings (SSSR count). The van der Waals surface area contributed by atoms with E-state index >= 15 is 0 Å². The maximum Gasteiger partial charge on any atom is 0.228 e. The van der Waals surface area contributed by atoms with Crippen molar-refractivity contribution in [1.82, 2.24) is 40.0 Å². The summed E-state index contributed by atoms with van der Waals surface area (Å²) in [5.41, 5.74) is 2.09. The van der Waals surface area contributed by atoms with Gasteiger partial charge in [-0.1, -0.05) is 6.07 Å². The summed E-state index contributed by atoms with van der Waals surface area (Å²) < 4.78 is 21.4. The molecule has 0 bridgehead atoms. The zero-order chi connectivity index (χ0) is 23.7. The lowest BCUT2D eigenvalue weighted by atomic mass is 9.96. The fourth-order valence-corrected chi connectivity index (χ4v) is 4.47. The van der Waals surface area contributed by atoms with Crippen LogP contribution in [-0.4, -0.2) is 84.7 Å². The molecule has 0 radical (unpaired) electrons. The van der Waals surface area contributed by atoms with Crippen molar-refractivity contribution in [2.75, 3.05) is 32.8 Å². The van der Waals surface area contributed by atoms with Crippen molar-refractivity contribution >= 4 is 5.91 Å². The molecular formula is C22H22FN9O2. The molecule has 174 valence electrons. The third kappa shape index (κ3) is 4.23.